The molecule has 0 aliphatic rings. The van der Waals surface area contributed by atoms with Gasteiger partial charge in [-0.1, -0.05) is 11.6 Å². The van der Waals surface area contributed by atoms with Gasteiger partial charge < -0.3 is 14.8 Å². The number of pyridine rings is 1. The van der Waals surface area contributed by atoms with Crippen molar-refractivity contribution in [3.63, 3.8) is 0 Å². The van der Waals surface area contributed by atoms with Gasteiger partial charge in [-0.2, -0.15) is 0 Å². The molecule has 2 aromatic carbocycles. The molecule has 2 N–H and O–H groups in total. The first kappa shape index (κ1) is 13.2. The molecule has 0 unspecified atom stereocenters. The third-order valence-electron chi connectivity index (χ3n) is 3.48. The summed E-state index contributed by atoms with van der Waals surface area (Å²) in [5.41, 5.74) is 3.27. The normalized spacial score (nSPS) is 10.8. The van der Waals surface area contributed by atoms with Crippen LogP contribution < -0.4 is 10.2 Å². The van der Waals surface area contributed by atoms with Crippen molar-refractivity contribution in [1.29, 1.82) is 0 Å². The Kier molecular flexibility index (Phi) is 3.14. The average Bonchev–Trinajstić information content (AvgIpc) is 2.48. The highest BCUT2D eigenvalue weighted by atomic mass is 16.5. The summed E-state index contributed by atoms with van der Waals surface area (Å²) in [4.78, 5) is 15.5. The van der Waals surface area contributed by atoms with Crippen molar-refractivity contribution in [3.05, 3.63) is 58.3 Å². The van der Waals surface area contributed by atoms with Crippen LogP contribution in [0.25, 0.3) is 22.2 Å². The van der Waals surface area contributed by atoms with Gasteiger partial charge >= 0.3 is 0 Å². The summed E-state index contributed by atoms with van der Waals surface area (Å²) in [6.45, 7) is 1.96. The molecule has 0 spiro atoms. The molecule has 0 saturated heterocycles. The predicted molar refractivity (Wildman–Crippen MR) is 83.0 cm³/mol. The second-order valence-electron chi connectivity index (χ2n) is 4.98. The molecule has 0 fully saturated rings. The van der Waals surface area contributed by atoms with E-state index in [1.807, 2.05) is 25.1 Å². The van der Waals surface area contributed by atoms with Crippen LogP contribution in [0.1, 0.15) is 5.56 Å². The number of hydrogen-bond acceptors (Lipinski definition) is 3. The zero-order chi connectivity index (χ0) is 15.0. The van der Waals surface area contributed by atoms with E-state index in [0.29, 0.717) is 16.8 Å². The molecule has 0 aliphatic carbocycles. The van der Waals surface area contributed by atoms with E-state index in [0.717, 1.165) is 16.6 Å². The van der Waals surface area contributed by atoms with Crippen molar-refractivity contribution in [3.8, 4) is 22.8 Å². The molecule has 1 aromatic heterocycles. The number of rotatable bonds is 2. The maximum atomic E-state index is 12.2. The largest absolute Gasteiger partial charge is 0.504 e. The number of hydrogen-bond donors (Lipinski definition) is 2. The van der Waals surface area contributed by atoms with E-state index in [1.165, 1.54) is 7.11 Å². The molecule has 0 amide bonds. The number of aromatic nitrogens is 1. The number of benzene rings is 2. The smallest absolute Gasteiger partial charge is 0.190 e. The molecular weight excluding hydrogens is 266 g/mol. The van der Waals surface area contributed by atoms with Crippen molar-refractivity contribution < 1.29 is 9.84 Å². The highest BCUT2D eigenvalue weighted by Gasteiger charge is 2.08. The number of phenolic OH excluding ortho intramolecular Hbond substituents is 1. The summed E-state index contributed by atoms with van der Waals surface area (Å²) in [7, 11) is 1.49. The molecule has 0 bridgehead atoms. The van der Waals surface area contributed by atoms with Crippen LogP contribution in [-0.2, 0) is 0 Å². The average molecular weight is 281 g/mol. The van der Waals surface area contributed by atoms with Crippen LogP contribution in [-0.4, -0.2) is 17.2 Å². The Bertz CT molecular complexity index is 881. The number of phenols is 1. The first-order chi connectivity index (χ1) is 10.1. The van der Waals surface area contributed by atoms with Crippen LogP contribution in [0.3, 0.4) is 0 Å². The number of ether oxygens (including phenoxy) is 1. The van der Waals surface area contributed by atoms with Crippen molar-refractivity contribution in [2.75, 3.05) is 7.11 Å². The lowest BCUT2D eigenvalue weighted by atomic mass is 10.1. The van der Waals surface area contributed by atoms with Crippen molar-refractivity contribution in [1.82, 2.24) is 4.98 Å². The molecule has 4 nitrogen and oxygen atoms in total. The van der Waals surface area contributed by atoms with Gasteiger partial charge in [0.1, 0.15) is 0 Å². The fourth-order valence-corrected chi connectivity index (χ4v) is 2.36. The highest BCUT2D eigenvalue weighted by Crippen LogP contribution is 2.30. The monoisotopic (exact) mass is 281 g/mol. The molecule has 1 heterocycles. The summed E-state index contributed by atoms with van der Waals surface area (Å²) < 4.78 is 5.10. The van der Waals surface area contributed by atoms with Crippen LogP contribution in [0, 0.1) is 6.92 Å². The van der Waals surface area contributed by atoms with Gasteiger partial charge in [-0.25, -0.2) is 0 Å². The van der Waals surface area contributed by atoms with Gasteiger partial charge in [-0.05, 0) is 37.3 Å². The minimum absolute atomic E-state index is 0.0329. The number of nitrogens with one attached hydrogen (secondary N) is 1. The molecule has 106 valence electrons. The van der Waals surface area contributed by atoms with Crippen LogP contribution in [0.15, 0.2) is 47.3 Å². The Labute approximate surface area is 121 Å². The van der Waals surface area contributed by atoms with Crippen molar-refractivity contribution >= 4 is 10.9 Å². The lowest BCUT2D eigenvalue weighted by Gasteiger charge is -2.08. The van der Waals surface area contributed by atoms with Gasteiger partial charge in [0, 0.05) is 28.2 Å². The molecule has 0 atom stereocenters. The number of H-pyrrole nitrogens is 1. The summed E-state index contributed by atoms with van der Waals surface area (Å²) in [6, 6.07) is 12.3. The first-order valence-corrected chi connectivity index (χ1v) is 6.59. The fraction of sp³-hybridized carbons (Fsp3) is 0.118. The fourth-order valence-electron chi connectivity index (χ4n) is 2.36. The maximum Gasteiger partial charge on any atom is 0.190 e. The highest BCUT2D eigenvalue weighted by molar-refractivity contribution is 5.82. The summed E-state index contributed by atoms with van der Waals surface area (Å²) in [5.74, 6) is 0.442. The van der Waals surface area contributed by atoms with E-state index < -0.39 is 0 Å². The Balaban J connectivity index is 2.21. The van der Waals surface area contributed by atoms with Gasteiger partial charge in [0.15, 0.2) is 16.9 Å². The predicted octanol–water partition coefficient (Wildman–Crippen LogP) is 3.22. The minimum atomic E-state index is -0.0329. The van der Waals surface area contributed by atoms with E-state index in [9.17, 15) is 9.90 Å². The zero-order valence-corrected chi connectivity index (χ0v) is 11.8. The molecule has 0 aliphatic heterocycles. The first-order valence-electron chi connectivity index (χ1n) is 6.59. The molecule has 0 saturated carbocycles. The lowest BCUT2D eigenvalue weighted by molar-refractivity contribution is 0.373. The summed E-state index contributed by atoms with van der Waals surface area (Å²) in [5, 5.41) is 10.3. The van der Waals surface area contributed by atoms with Crippen molar-refractivity contribution in [2.45, 2.75) is 6.92 Å². The van der Waals surface area contributed by atoms with Crippen LogP contribution in [0.2, 0.25) is 0 Å². The van der Waals surface area contributed by atoms with E-state index >= 15 is 0 Å². The van der Waals surface area contributed by atoms with Crippen LogP contribution in [0.5, 0.6) is 11.5 Å². The van der Waals surface area contributed by atoms with Crippen LogP contribution >= 0.6 is 0 Å². The number of aryl methyl sites for hydroxylation is 1. The van der Waals surface area contributed by atoms with Gasteiger partial charge in [0.25, 0.3) is 0 Å². The second kappa shape index (κ2) is 4.98. The third-order valence-corrected chi connectivity index (χ3v) is 3.48. The van der Waals surface area contributed by atoms with Gasteiger partial charge in [0.05, 0.1) is 7.11 Å². The number of methoxy groups -OCH3 is 1. The summed E-state index contributed by atoms with van der Waals surface area (Å²) in [6.07, 6.45) is 0. The van der Waals surface area contributed by atoms with E-state index in [-0.39, 0.29) is 11.2 Å². The molecule has 3 rings (SSSR count). The molecular formula is C17H15NO3. The molecule has 4 heteroatoms. The number of fused-ring (bicyclic) bond motifs is 1. The standard InChI is InChI=1S/C17H15NO3/c1-10-3-5-13-12(7-10)16(20)9-14(18-13)11-4-6-15(19)17(8-11)21-2/h3-9,19H,1-2H3,(H,18,20). The molecule has 0 radical (unpaired) electrons. The topological polar surface area (TPSA) is 62.3 Å². The van der Waals surface area contributed by atoms with Crippen LogP contribution in [0.4, 0.5) is 0 Å². The SMILES string of the molecule is COc1cc(-c2cc(=O)c3cc(C)ccc3[nH]2)ccc1O. The Morgan fingerprint density at radius 1 is 1.10 bits per heavy atom. The Hall–Kier alpha value is -2.75. The molecule has 3 aromatic rings. The lowest BCUT2D eigenvalue weighted by Crippen LogP contribution is -2.03. The van der Waals surface area contributed by atoms with E-state index in [4.69, 9.17) is 4.74 Å². The number of aromatic amines is 1. The number of aromatic hydroxyl groups is 1. The van der Waals surface area contributed by atoms with E-state index in [2.05, 4.69) is 4.98 Å². The summed E-state index contributed by atoms with van der Waals surface area (Å²) >= 11 is 0. The maximum absolute atomic E-state index is 12.2. The Morgan fingerprint density at radius 2 is 1.90 bits per heavy atom. The minimum Gasteiger partial charge on any atom is -0.504 e. The second-order valence-corrected chi connectivity index (χ2v) is 4.98. The van der Waals surface area contributed by atoms with Gasteiger partial charge in [0.2, 0.25) is 0 Å². The van der Waals surface area contributed by atoms with Crippen molar-refractivity contribution in [2.24, 2.45) is 0 Å². The van der Waals surface area contributed by atoms with Gasteiger partial charge in [-0.15, -0.1) is 0 Å². The van der Waals surface area contributed by atoms with E-state index in [1.54, 1.807) is 24.3 Å². The zero-order valence-electron chi connectivity index (χ0n) is 11.8. The molecule has 21 heavy (non-hydrogen) atoms. The third kappa shape index (κ3) is 2.36. The Morgan fingerprint density at radius 3 is 2.67 bits per heavy atom. The quantitative estimate of drug-likeness (QED) is 0.758. The van der Waals surface area contributed by atoms with Gasteiger partial charge in [-0.3, -0.25) is 4.79 Å².